The molecular formula is C20H28N2O3. The highest BCUT2D eigenvalue weighted by atomic mass is 16.5. The molecule has 1 spiro atoms. The van der Waals surface area contributed by atoms with Crippen LogP contribution in [0.2, 0.25) is 0 Å². The van der Waals surface area contributed by atoms with Crippen molar-refractivity contribution in [3.8, 4) is 5.75 Å². The van der Waals surface area contributed by atoms with Crippen LogP contribution in [0.25, 0.3) is 0 Å². The summed E-state index contributed by atoms with van der Waals surface area (Å²) in [5.74, 6) is 1.17. The number of rotatable bonds is 4. The molecule has 2 saturated heterocycles. The molecule has 1 aromatic carbocycles. The third kappa shape index (κ3) is 3.51. The van der Waals surface area contributed by atoms with E-state index in [0.29, 0.717) is 19.6 Å². The Hall–Kier alpha value is -2.04. The Bertz CT molecular complexity index is 658. The summed E-state index contributed by atoms with van der Waals surface area (Å²) in [6.45, 7) is 6.52. The molecule has 0 N–H and O–H groups in total. The minimum atomic E-state index is -0.373. The van der Waals surface area contributed by atoms with E-state index in [4.69, 9.17) is 4.74 Å². The number of methoxy groups -OCH3 is 1. The van der Waals surface area contributed by atoms with E-state index in [1.54, 1.807) is 7.11 Å². The topological polar surface area (TPSA) is 49.9 Å². The van der Waals surface area contributed by atoms with Gasteiger partial charge < -0.3 is 14.5 Å². The lowest BCUT2D eigenvalue weighted by atomic mass is 9.78. The standard InChI is InChI=1S/C20H28N2O3/c1-15(2)18(23)22-11-9-20(14-22)8-5-10-21(19(20)24)13-16-6-4-7-17(12-16)25-3/h4,6-7,12,15H,5,8-11,13-14H2,1-3H3. The number of carbonyl (C=O) groups is 2. The van der Waals surface area contributed by atoms with E-state index >= 15 is 0 Å². The van der Waals surface area contributed by atoms with Crippen LogP contribution >= 0.6 is 0 Å². The average Bonchev–Trinajstić information content (AvgIpc) is 3.03. The fourth-order valence-electron chi connectivity index (χ4n) is 4.10. The second-order valence-corrected chi connectivity index (χ2v) is 7.63. The molecule has 2 fully saturated rings. The second kappa shape index (κ2) is 7.06. The van der Waals surface area contributed by atoms with Crippen molar-refractivity contribution in [2.45, 2.75) is 39.7 Å². The van der Waals surface area contributed by atoms with Crippen molar-refractivity contribution in [2.24, 2.45) is 11.3 Å². The van der Waals surface area contributed by atoms with Gasteiger partial charge in [-0.2, -0.15) is 0 Å². The number of amides is 2. The molecule has 2 aliphatic rings. The van der Waals surface area contributed by atoms with Gasteiger partial charge in [0.1, 0.15) is 5.75 Å². The predicted molar refractivity (Wildman–Crippen MR) is 96.1 cm³/mol. The number of piperidine rings is 1. The molecule has 0 saturated carbocycles. The van der Waals surface area contributed by atoms with Crippen LogP contribution in [0.3, 0.4) is 0 Å². The highest BCUT2D eigenvalue weighted by molar-refractivity contribution is 5.86. The number of ether oxygens (including phenoxy) is 1. The quantitative estimate of drug-likeness (QED) is 0.844. The number of hydrogen-bond donors (Lipinski definition) is 0. The first-order valence-electron chi connectivity index (χ1n) is 9.16. The van der Waals surface area contributed by atoms with Gasteiger partial charge in [0.25, 0.3) is 0 Å². The molecule has 3 rings (SSSR count). The van der Waals surface area contributed by atoms with Crippen LogP contribution in [-0.2, 0) is 16.1 Å². The van der Waals surface area contributed by atoms with Crippen molar-refractivity contribution >= 4 is 11.8 Å². The number of hydrogen-bond acceptors (Lipinski definition) is 3. The summed E-state index contributed by atoms with van der Waals surface area (Å²) in [6.07, 6.45) is 2.68. The van der Waals surface area contributed by atoms with Crippen LogP contribution in [0.5, 0.6) is 5.75 Å². The van der Waals surface area contributed by atoms with Crippen LogP contribution in [-0.4, -0.2) is 48.4 Å². The number of nitrogens with zero attached hydrogens (tertiary/aromatic N) is 2. The largest absolute Gasteiger partial charge is 0.497 e. The molecule has 0 aromatic heterocycles. The van der Waals surface area contributed by atoms with Gasteiger partial charge in [-0.15, -0.1) is 0 Å². The maximum atomic E-state index is 13.2. The van der Waals surface area contributed by atoms with E-state index < -0.39 is 0 Å². The molecule has 1 aromatic rings. The van der Waals surface area contributed by atoms with Crippen molar-refractivity contribution < 1.29 is 14.3 Å². The third-order valence-electron chi connectivity index (χ3n) is 5.49. The summed E-state index contributed by atoms with van der Waals surface area (Å²) in [4.78, 5) is 29.4. The Morgan fingerprint density at radius 1 is 1.28 bits per heavy atom. The van der Waals surface area contributed by atoms with Crippen molar-refractivity contribution in [3.63, 3.8) is 0 Å². The molecule has 136 valence electrons. The first-order chi connectivity index (χ1) is 11.9. The van der Waals surface area contributed by atoms with Gasteiger partial charge in [0.2, 0.25) is 11.8 Å². The smallest absolute Gasteiger partial charge is 0.230 e. The molecule has 2 heterocycles. The molecule has 2 amide bonds. The monoisotopic (exact) mass is 344 g/mol. The Kier molecular flexibility index (Phi) is 5.02. The van der Waals surface area contributed by atoms with E-state index in [-0.39, 0.29) is 23.1 Å². The van der Waals surface area contributed by atoms with E-state index in [0.717, 1.165) is 37.1 Å². The Morgan fingerprint density at radius 2 is 2.08 bits per heavy atom. The highest BCUT2D eigenvalue weighted by Gasteiger charge is 2.49. The first-order valence-corrected chi connectivity index (χ1v) is 9.16. The zero-order valence-corrected chi connectivity index (χ0v) is 15.5. The second-order valence-electron chi connectivity index (χ2n) is 7.63. The highest BCUT2D eigenvalue weighted by Crippen LogP contribution is 2.41. The van der Waals surface area contributed by atoms with Crippen molar-refractivity contribution in [1.82, 2.24) is 9.80 Å². The first kappa shape index (κ1) is 17.8. The zero-order valence-electron chi connectivity index (χ0n) is 15.5. The zero-order chi connectivity index (χ0) is 18.0. The fraction of sp³-hybridized carbons (Fsp3) is 0.600. The molecule has 1 unspecified atom stereocenters. The van der Waals surface area contributed by atoms with Gasteiger partial charge in [-0.1, -0.05) is 26.0 Å². The van der Waals surface area contributed by atoms with Crippen LogP contribution in [0.1, 0.15) is 38.7 Å². The van der Waals surface area contributed by atoms with Gasteiger partial charge in [-0.05, 0) is 37.0 Å². The molecule has 0 aliphatic carbocycles. The fourth-order valence-corrected chi connectivity index (χ4v) is 4.10. The summed E-state index contributed by atoms with van der Waals surface area (Å²) in [6, 6.07) is 7.88. The van der Waals surface area contributed by atoms with E-state index in [1.165, 1.54) is 0 Å². The number of benzene rings is 1. The van der Waals surface area contributed by atoms with Gasteiger partial charge in [0.15, 0.2) is 0 Å². The normalized spacial score (nSPS) is 23.6. The molecule has 5 nitrogen and oxygen atoms in total. The Morgan fingerprint density at radius 3 is 2.80 bits per heavy atom. The SMILES string of the molecule is COc1cccc(CN2CCCC3(CCN(C(=O)C(C)C)C3)C2=O)c1. The number of likely N-dealkylation sites (tertiary alicyclic amines) is 2. The van der Waals surface area contributed by atoms with E-state index in [9.17, 15) is 9.59 Å². The van der Waals surface area contributed by atoms with Crippen LogP contribution in [0, 0.1) is 11.3 Å². The summed E-state index contributed by atoms with van der Waals surface area (Å²) in [5, 5.41) is 0. The summed E-state index contributed by atoms with van der Waals surface area (Å²) in [7, 11) is 1.65. The Balaban J connectivity index is 1.72. The maximum absolute atomic E-state index is 13.2. The van der Waals surface area contributed by atoms with Gasteiger partial charge in [-0.3, -0.25) is 9.59 Å². The van der Waals surface area contributed by atoms with Crippen molar-refractivity contribution in [3.05, 3.63) is 29.8 Å². The average molecular weight is 344 g/mol. The molecule has 0 radical (unpaired) electrons. The van der Waals surface area contributed by atoms with Crippen molar-refractivity contribution in [1.29, 1.82) is 0 Å². The minimum absolute atomic E-state index is 0.0123. The van der Waals surface area contributed by atoms with Crippen molar-refractivity contribution in [2.75, 3.05) is 26.7 Å². The molecule has 2 aliphatic heterocycles. The predicted octanol–water partition coefficient (Wildman–Crippen LogP) is 2.69. The lowest BCUT2D eigenvalue weighted by molar-refractivity contribution is -0.147. The molecular weight excluding hydrogens is 316 g/mol. The Labute approximate surface area is 149 Å². The molecule has 1 atom stereocenters. The summed E-state index contributed by atoms with van der Waals surface area (Å²) >= 11 is 0. The van der Waals surface area contributed by atoms with Gasteiger partial charge >= 0.3 is 0 Å². The molecule has 25 heavy (non-hydrogen) atoms. The third-order valence-corrected chi connectivity index (χ3v) is 5.49. The summed E-state index contributed by atoms with van der Waals surface area (Å²) < 4.78 is 5.28. The number of carbonyl (C=O) groups excluding carboxylic acids is 2. The van der Waals surface area contributed by atoms with Gasteiger partial charge in [0, 0.05) is 32.1 Å². The van der Waals surface area contributed by atoms with E-state index in [2.05, 4.69) is 0 Å². The maximum Gasteiger partial charge on any atom is 0.230 e. The van der Waals surface area contributed by atoms with E-state index in [1.807, 2.05) is 47.9 Å². The van der Waals surface area contributed by atoms with Crippen LogP contribution in [0.4, 0.5) is 0 Å². The van der Waals surface area contributed by atoms with Gasteiger partial charge in [0.05, 0.1) is 12.5 Å². The minimum Gasteiger partial charge on any atom is -0.497 e. The lowest BCUT2D eigenvalue weighted by Crippen LogP contribution is -2.50. The molecule has 5 heteroatoms. The van der Waals surface area contributed by atoms with Gasteiger partial charge in [-0.25, -0.2) is 0 Å². The molecule has 0 bridgehead atoms. The summed E-state index contributed by atoms with van der Waals surface area (Å²) in [5.41, 5.74) is 0.708. The van der Waals surface area contributed by atoms with Crippen LogP contribution in [0.15, 0.2) is 24.3 Å². The van der Waals surface area contributed by atoms with Crippen LogP contribution < -0.4 is 4.74 Å². The lowest BCUT2D eigenvalue weighted by Gasteiger charge is -2.39.